The highest BCUT2D eigenvalue weighted by Gasteiger charge is 2.21. The largest absolute Gasteiger partial charge is 0.370 e. The Balaban J connectivity index is 2.25. The van der Waals surface area contributed by atoms with E-state index >= 15 is 0 Å². The highest BCUT2D eigenvalue weighted by molar-refractivity contribution is 14.1. The summed E-state index contributed by atoms with van der Waals surface area (Å²) < 4.78 is 1.09. The summed E-state index contributed by atoms with van der Waals surface area (Å²) in [6.45, 7) is 0. The third-order valence-corrected chi connectivity index (χ3v) is 3.52. The maximum Gasteiger partial charge on any atom is 0.318 e. The lowest BCUT2D eigenvalue weighted by Gasteiger charge is -2.19. The Bertz CT molecular complexity index is 629. The molecule has 0 unspecified atom stereocenters. The summed E-state index contributed by atoms with van der Waals surface area (Å²) in [5.74, 6) is -0.493. The van der Waals surface area contributed by atoms with Gasteiger partial charge in [-0.25, -0.2) is 4.79 Å². The molecule has 0 aliphatic heterocycles. The second-order valence-electron chi connectivity index (χ2n) is 4.35. The van der Waals surface area contributed by atoms with E-state index in [4.69, 9.17) is 5.73 Å². The summed E-state index contributed by atoms with van der Waals surface area (Å²) in [7, 11) is 0. The SMILES string of the molecule is NC(=O)NC(=O)[C@H](Nc1ccc(I)cc1)c1ccccc1. The number of rotatable bonds is 4. The molecule has 0 bridgehead atoms. The molecular formula is C15H14IN3O2. The van der Waals surface area contributed by atoms with Crippen LogP contribution in [0.1, 0.15) is 11.6 Å². The zero-order valence-electron chi connectivity index (χ0n) is 11.0. The quantitative estimate of drug-likeness (QED) is 0.696. The normalized spacial score (nSPS) is 11.5. The van der Waals surface area contributed by atoms with Crippen LogP contribution in [0.4, 0.5) is 10.5 Å². The van der Waals surface area contributed by atoms with Crippen LogP contribution in [0.5, 0.6) is 0 Å². The van der Waals surface area contributed by atoms with Crippen molar-refractivity contribution < 1.29 is 9.59 Å². The first-order chi connectivity index (χ1) is 10.1. The summed E-state index contributed by atoms with van der Waals surface area (Å²) in [5.41, 5.74) is 6.55. The molecular weight excluding hydrogens is 381 g/mol. The van der Waals surface area contributed by atoms with Gasteiger partial charge in [-0.3, -0.25) is 10.1 Å². The first-order valence-corrected chi connectivity index (χ1v) is 7.31. The number of benzene rings is 2. The van der Waals surface area contributed by atoms with E-state index in [2.05, 4.69) is 33.2 Å². The van der Waals surface area contributed by atoms with Crippen molar-refractivity contribution in [1.29, 1.82) is 0 Å². The molecule has 0 aliphatic carbocycles. The van der Waals surface area contributed by atoms with E-state index in [9.17, 15) is 9.59 Å². The number of halogens is 1. The molecule has 108 valence electrons. The van der Waals surface area contributed by atoms with E-state index in [1.54, 1.807) is 0 Å². The van der Waals surface area contributed by atoms with E-state index in [-0.39, 0.29) is 0 Å². The number of nitrogens with one attached hydrogen (secondary N) is 2. The number of hydrogen-bond acceptors (Lipinski definition) is 3. The van der Waals surface area contributed by atoms with Gasteiger partial charge >= 0.3 is 6.03 Å². The summed E-state index contributed by atoms with van der Waals surface area (Å²) in [4.78, 5) is 23.1. The number of amides is 3. The maximum absolute atomic E-state index is 12.1. The second kappa shape index (κ2) is 7.07. The van der Waals surface area contributed by atoms with Crippen molar-refractivity contribution in [2.75, 3.05) is 5.32 Å². The molecule has 0 saturated carbocycles. The lowest BCUT2D eigenvalue weighted by atomic mass is 10.1. The van der Waals surface area contributed by atoms with Crippen LogP contribution in [0.15, 0.2) is 54.6 Å². The van der Waals surface area contributed by atoms with Crippen molar-refractivity contribution in [3.63, 3.8) is 0 Å². The van der Waals surface area contributed by atoms with Crippen LogP contribution in [-0.2, 0) is 4.79 Å². The van der Waals surface area contributed by atoms with Gasteiger partial charge in [-0.15, -0.1) is 0 Å². The molecule has 0 radical (unpaired) electrons. The minimum atomic E-state index is -0.870. The van der Waals surface area contributed by atoms with E-state index in [1.165, 1.54) is 0 Å². The minimum Gasteiger partial charge on any atom is -0.370 e. The van der Waals surface area contributed by atoms with Gasteiger partial charge in [0.1, 0.15) is 6.04 Å². The Kier molecular flexibility index (Phi) is 5.15. The molecule has 0 heterocycles. The lowest BCUT2D eigenvalue weighted by molar-refractivity contribution is -0.120. The fraction of sp³-hybridized carbons (Fsp3) is 0.0667. The van der Waals surface area contributed by atoms with Gasteiger partial charge in [-0.05, 0) is 52.4 Å². The molecule has 6 heteroatoms. The number of primary amides is 1. The topological polar surface area (TPSA) is 84.2 Å². The van der Waals surface area contributed by atoms with Crippen LogP contribution in [0.3, 0.4) is 0 Å². The van der Waals surface area contributed by atoms with Crippen molar-refractivity contribution in [3.05, 3.63) is 63.7 Å². The molecule has 3 amide bonds. The Morgan fingerprint density at radius 2 is 1.62 bits per heavy atom. The van der Waals surface area contributed by atoms with Crippen molar-refractivity contribution in [3.8, 4) is 0 Å². The monoisotopic (exact) mass is 395 g/mol. The number of carbonyl (C=O) groups is 2. The van der Waals surface area contributed by atoms with Crippen LogP contribution in [0.2, 0.25) is 0 Å². The number of carbonyl (C=O) groups excluding carboxylic acids is 2. The number of nitrogens with two attached hydrogens (primary N) is 1. The molecule has 2 aromatic rings. The number of hydrogen-bond donors (Lipinski definition) is 3. The van der Waals surface area contributed by atoms with Crippen LogP contribution in [-0.4, -0.2) is 11.9 Å². The van der Waals surface area contributed by atoms with Gasteiger partial charge in [-0.2, -0.15) is 0 Å². The second-order valence-corrected chi connectivity index (χ2v) is 5.59. The maximum atomic E-state index is 12.1. The molecule has 0 aliphatic rings. The summed E-state index contributed by atoms with van der Waals surface area (Å²) >= 11 is 2.20. The molecule has 2 rings (SSSR count). The molecule has 21 heavy (non-hydrogen) atoms. The van der Waals surface area contributed by atoms with Gasteiger partial charge in [-0.1, -0.05) is 30.3 Å². The van der Waals surface area contributed by atoms with Crippen molar-refractivity contribution in [1.82, 2.24) is 5.32 Å². The van der Waals surface area contributed by atoms with Crippen LogP contribution in [0.25, 0.3) is 0 Å². The minimum absolute atomic E-state index is 0.493. The Morgan fingerprint density at radius 3 is 2.19 bits per heavy atom. The zero-order valence-corrected chi connectivity index (χ0v) is 13.2. The molecule has 2 aromatic carbocycles. The third-order valence-electron chi connectivity index (χ3n) is 2.80. The molecule has 0 saturated heterocycles. The van der Waals surface area contributed by atoms with Crippen LogP contribution >= 0.6 is 22.6 Å². The summed E-state index contributed by atoms with van der Waals surface area (Å²) in [5, 5.41) is 5.21. The predicted molar refractivity (Wildman–Crippen MR) is 89.7 cm³/mol. The summed E-state index contributed by atoms with van der Waals surface area (Å²) in [6.07, 6.45) is 0. The van der Waals surface area contributed by atoms with Gasteiger partial charge in [0, 0.05) is 9.26 Å². The molecule has 0 spiro atoms. The fourth-order valence-corrected chi connectivity index (χ4v) is 2.21. The smallest absolute Gasteiger partial charge is 0.318 e. The summed E-state index contributed by atoms with van der Waals surface area (Å²) in [6, 6.07) is 15.2. The molecule has 0 aromatic heterocycles. The molecule has 1 atom stereocenters. The van der Waals surface area contributed by atoms with Crippen molar-refractivity contribution in [2.45, 2.75) is 6.04 Å². The van der Waals surface area contributed by atoms with Gasteiger partial charge in [0.05, 0.1) is 0 Å². The van der Waals surface area contributed by atoms with Gasteiger partial charge in [0.25, 0.3) is 5.91 Å². The Labute approximate surface area is 136 Å². The average molecular weight is 395 g/mol. The third kappa shape index (κ3) is 4.45. The number of urea groups is 1. The number of imide groups is 1. The zero-order chi connectivity index (χ0) is 15.2. The van der Waals surface area contributed by atoms with Gasteiger partial charge in [0.2, 0.25) is 0 Å². The number of anilines is 1. The van der Waals surface area contributed by atoms with Crippen LogP contribution < -0.4 is 16.4 Å². The van der Waals surface area contributed by atoms with Gasteiger partial charge in [0.15, 0.2) is 0 Å². The molecule has 5 nitrogen and oxygen atoms in total. The average Bonchev–Trinajstić information content (AvgIpc) is 2.46. The molecule has 4 N–H and O–H groups in total. The highest BCUT2D eigenvalue weighted by Crippen LogP contribution is 2.20. The van der Waals surface area contributed by atoms with E-state index in [1.807, 2.05) is 54.6 Å². The first kappa shape index (κ1) is 15.3. The van der Waals surface area contributed by atoms with E-state index in [0.717, 1.165) is 14.8 Å². The standard InChI is InChI=1S/C15H14IN3O2/c16-11-6-8-12(9-7-11)18-13(14(20)19-15(17)21)10-4-2-1-3-5-10/h1-9,13,18H,(H3,17,19,20,21)/t13-/m1/s1. The van der Waals surface area contributed by atoms with Gasteiger partial charge < -0.3 is 11.1 Å². The van der Waals surface area contributed by atoms with Crippen LogP contribution in [0, 0.1) is 3.57 Å². The fourth-order valence-electron chi connectivity index (χ4n) is 1.85. The highest BCUT2D eigenvalue weighted by atomic mass is 127. The Hall–Kier alpha value is -2.09. The predicted octanol–water partition coefficient (Wildman–Crippen LogP) is 2.64. The lowest BCUT2D eigenvalue weighted by Crippen LogP contribution is -2.40. The van der Waals surface area contributed by atoms with Crippen molar-refractivity contribution in [2.24, 2.45) is 5.73 Å². The molecule has 0 fully saturated rings. The van der Waals surface area contributed by atoms with Crippen molar-refractivity contribution >= 4 is 40.2 Å². The Morgan fingerprint density at radius 1 is 1.00 bits per heavy atom. The van der Waals surface area contributed by atoms with E-state index in [0.29, 0.717) is 0 Å². The first-order valence-electron chi connectivity index (χ1n) is 6.23. The van der Waals surface area contributed by atoms with E-state index < -0.39 is 18.0 Å².